The number of hydrogen-bond acceptors (Lipinski definition) is 3. The first-order valence-electron chi connectivity index (χ1n) is 7.95. The molecule has 128 valence electrons. The van der Waals surface area contributed by atoms with E-state index in [2.05, 4.69) is 10.2 Å². The fraction of sp³-hybridized carbons (Fsp3) is 0.211. The predicted octanol–water partition coefficient (Wildman–Crippen LogP) is 3.81. The highest BCUT2D eigenvalue weighted by molar-refractivity contribution is 6.30. The summed E-state index contributed by atoms with van der Waals surface area (Å²) in [6.45, 7) is 4.33. The van der Waals surface area contributed by atoms with Gasteiger partial charge in [0.15, 0.2) is 5.69 Å². The molecular formula is C19H19ClN4O. The van der Waals surface area contributed by atoms with E-state index in [1.165, 1.54) is 10.4 Å². The third-order valence-corrected chi connectivity index (χ3v) is 4.15. The minimum Gasteiger partial charge on any atom is -0.336 e. The summed E-state index contributed by atoms with van der Waals surface area (Å²) in [7, 11) is 1.76. The van der Waals surface area contributed by atoms with Crippen LogP contribution in [0.2, 0.25) is 5.02 Å². The first-order chi connectivity index (χ1) is 11.9. The van der Waals surface area contributed by atoms with E-state index < -0.39 is 0 Å². The van der Waals surface area contributed by atoms with Crippen molar-refractivity contribution in [2.45, 2.75) is 20.4 Å². The third-order valence-electron chi connectivity index (χ3n) is 3.91. The van der Waals surface area contributed by atoms with Crippen LogP contribution >= 0.6 is 11.6 Å². The molecule has 0 radical (unpaired) electrons. The summed E-state index contributed by atoms with van der Waals surface area (Å²) in [6, 6.07) is 15.3. The average molecular weight is 355 g/mol. The minimum absolute atomic E-state index is 0.161. The number of carbonyl (C=O) groups excluding carboxylic acids is 1. The quantitative estimate of drug-likeness (QED) is 0.715. The van der Waals surface area contributed by atoms with Gasteiger partial charge < -0.3 is 4.90 Å². The molecule has 2 aromatic carbocycles. The van der Waals surface area contributed by atoms with Crippen LogP contribution in [0, 0.1) is 13.8 Å². The summed E-state index contributed by atoms with van der Waals surface area (Å²) < 4.78 is 0. The summed E-state index contributed by atoms with van der Waals surface area (Å²) in [4.78, 5) is 15.8. The lowest BCUT2D eigenvalue weighted by molar-refractivity contribution is 0.0778. The number of benzene rings is 2. The molecule has 0 fully saturated rings. The molecule has 25 heavy (non-hydrogen) atoms. The molecule has 3 rings (SSSR count). The molecule has 0 aliphatic carbocycles. The molecule has 0 N–H and O–H groups in total. The van der Waals surface area contributed by atoms with Gasteiger partial charge in [-0.25, -0.2) is 0 Å². The van der Waals surface area contributed by atoms with Gasteiger partial charge in [-0.2, -0.15) is 9.90 Å². The van der Waals surface area contributed by atoms with E-state index in [9.17, 15) is 4.79 Å². The van der Waals surface area contributed by atoms with Crippen molar-refractivity contribution in [1.29, 1.82) is 0 Å². The largest absolute Gasteiger partial charge is 0.336 e. The lowest BCUT2D eigenvalue weighted by atomic mass is 10.1. The molecule has 0 spiro atoms. The summed E-state index contributed by atoms with van der Waals surface area (Å²) in [5.74, 6) is -0.161. The zero-order valence-corrected chi connectivity index (χ0v) is 15.2. The van der Waals surface area contributed by atoms with Crippen LogP contribution in [0.4, 0.5) is 0 Å². The molecule has 0 saturated carbocycles. The second kappa shape index (κ2) is 7.07. The van der Waals surface area contributed by atoms with Crippen molar-refractivity contribution >= 4 is 17.5 Å². The van der Waals surface area contributed by atoms with E-state index in [-0.39, 0.29) is 5.91 Å². The number of aryl methyl sites for hydroxylation is 2. The van der Waals surface area contributed by atoms with E-state index in [4.69, 9.17) is 11.6 Å². The molecular weight excluding hydrogens is 336 g/mol. The number of aromatic nitrogens is 3. The second-order valence-corrected chi connectivity index (χ2v) is 6.49. The van der Waals surface area contributed by atoms with E-state index in [1.54, 1.807) is 31.0 Å². The normalized spacial score (nSPS) is 10.7. The maximum Gasteiger partial charge on any atom is 0.276 e. The van der Waals surface area contributed by atoms with Crippen molar-refractivity contribution in [1.82, 2.24) is 19.9 Å². The van der Waals surface area contributed by atoms with Gasteiger partial charge in [0.25, 0.3) is 5.91 Å². The van der Waals surface area contributed by atoms with Crippen LogP contribution < -0.4 is 0 Å². The summed E-state index contributed by atoms with van der Waals surface area (Å²) >= 11 is 6.01. The monoisotopic (exact) mass is 354 g/mol. The van der Waals surface area contributed by atoms with E-state index in [0.717, 1.165) is 11.3 Å². The number of rotatable bonds is 4. The van der Waals surface area contributed by atoms with Gasteiger partial charge in [0, 0.05) is 18.6 Å². The lowest BCUT2D eigenvalue weighted by Crippen LogP contribution is -2.27. The number of nitrogens with zero attached hydrogens (tertiary/aromatic N) is 4. The number of hydrogen-bond donors (Lipinski definition) is 0. The highest BCUT2D eigenvalue weighted by atomic mass is 35.5. The number of carbonyl (C=O) groups is 1. The van der Waals surface area contributed by atoms with Gasteiger partial charge >= 0.3 is 0 Å². The van der Waals surface area contributed by atoms with Gasteiger partial charge in [-0.3, -0.25) is 4.79 Å². The van der Waals surface area contributed by atoms with Crippen LogP contribution in [0.1, 0.15) is 27.3 Å². The molecule has 0 atom stereocenters. The van der Waals surface area contributed by atoms with Crippen LogP contribution in [0.3, 0.4) is 0 Å². The molecule has 0 aliphatic heterocycles. The van der Waals surface area contributed by atoms with Gasteiger partial charge in [0.2, 0.25) is 0 Å². The van der Waals surface area contributed by atoms with Crippen molar-refractivity contribution in [2.75, 3.05) is 7.05 Å². The van der Waals surface area contributed by atoms with Crippen LogP contribution in [-0.4, -0.2) is 32.8 Å². The smallest absolute Gasteiger partial charge is 0.276 e. The Morgan fingerprint density at radius 3 is 2.52 bits per heavy atom. The fourth-order valence-electron chi connectivity index (χ4n) is 2.51. The van der Waals surface area contributed by atoms with Crippen molar-refractivity contribution in [3.8, 4) is 5.69 Å². The van der Waals surface area contributed by atoms with Gasteiger partial charge in [0.05, 0.1) is 11.4 Å². The lowest BCUT2D eigenvalue weighted by Gasteiger charge is -2.16. The topological polar surface area (TPSA) is 51.0 Å². The molecule has 0 saturated heterocycles. The first-order valence-corrected chi connectivity index (χ1v) is 8.33. The summed E-state index contributed by atoms with van der Waals surface area (Å²) in [5, 5.41) is 9.29. The van der Waals surface area contributed by atoms with E-state index in [0.29, 0.717) is 23.0 Å². The summed E-state index contributed by atoms with van der Waals surface area (Å²) in [5.41, 5.74) is 3.91. The Morgan fingerprint density at radius 2 is 1.84 bits per heavy atom. The number of halogens is 1. The average Bonchev–Trinajstić information content (AvgIpc) is 2.98. The highest BCUT2D eigenvalue weighted by Crippen LogP contribution is 2.16. The van der Waals surface area contributed by atoms with Gasteiger partial charge in [-0.15, -0.1) is 5.10 Å². The minimum atomic E-state index is -0.161. The maximum atomic E-state index is 12.7. The molecule has 1 aromatic heterocycles. The fourth-order valence-corrected chi connectivity index (χ4v) is 2.70. The van der Waals surface area contributed by atoms with Gasteiger partial charge in [0.1, 0.15) is 0 Å². The molecule has 5 nitrogen and oxygen atoms in total. The molecule has 3 aromatic rings. The Hall–Kier alpha value is -2.66. The zero-order valence-electron chi connectivity index (χ0n) is 14.4. The SMILES string of the molecule is Cc1ccc(CN(C)C(=O)c2nn(-c3cccc(Cl)c3)nc2C)cc1. The molecule has 0 aliphatic rings. The van der Waals surface area contributed by atoms with Crippen LogP contribution in [0.15, 0.2) is 48.5 Å². The Balaban J connectivity index is 1.81. The van der Waals surface area contributed by atoms with Crippen LogP contribution in [0.5, 0.6) is 0 Å². The van der Waals surface area contributed by atoms with Crippen LogP contribution in [0.25, 0.3) is 5.69 Å². The highest BCUT2D eigenvalue weighted by Gasteiger charge is 2.20. The van der Waals surface area contributed by atoms with Crippen molar-refractivity contribution in [3.05, 3.63) is 76.1 Å². The Kier molecular flexibility index (Phi) is 4.86. The molecule has 1 heterocycles. The third kappa shape index (κ3) is 3.88. The second-order valence-electron chi connectivity index (χ2n) is 6.05. The van der Waals surface area contributed by atoms with Crippen molar-refractivity contribution < 1.29 is 4.79 Å². The van der Waals surface area contributed by atoms with Gasteiger partial charge in [-0.05, 0) is 37.6 Å². The number of amides is 1. The molecule has 6 heteroatoms. The van der Waals surface area contributed by atoms with Crippen molar-refractivity contribution in [3.63, 3.8) is 0 Å². The standard InChI is InChI=1S/C19H19ClN4O/c1-13-7-9-15(10-8-13)12-23(3)19(25)18-14(2)21-24(22-18)17-6-4-5-16(20)11-17/h4-11H,12H2,1-3H3. The Labute approximate surface area is 151 Å². The zero-order chi connectivity index (χ0) is 18.0. The Morgan fingerprint density at radius 1 is 1.12 bits per heavy atom. The van der Waals surface area contributed by atoms with Crippen LogP contribution in [-0.2, 0) is 6.54 Å². The molecule has 1 amide bonds. The predicted molar refractivity (Wildman–Crippen MR) is 98.1 cm³/mol. The maximum absolute atomic E-state index is 12.7. The van der Waals surface area contributed by atoms with E-state index in [1.807, 2.05) is 43.3 Å². The summed E-state index contributed by atoms with van der Waals surface area (Å²) in [6.07, 6.45) is 0. The van der Waals surface area contributed by atoms with E-state index >= 15 is 0 Å². The first kappa shape index (κ1) is 17.2. The van der Waals surface area contributed by atoms with Gasteiger partial charge in [-0.1, -0.05) is 47.5 Å². The molecule has 0 unspecified atom stereocenters. The van der Waals surface area contributed by atoms with Crippen molar-refractivity contribution in [2.24, 2.45) is 0 Å². The Bertz CT molecular complexity index is 902. The molecule has 0 bridgehead atoms.